The van der Waals surface area contributed by atoms with Gasteiger partial charge in [-0.2, -0.15) is 27.8 Å². The lowest BCUT2D eigenvalue weighted by Crippen LogP contribution is -2.30. The molecule has 2 heterocycles. The lowest BCUT2D eigenvalue weighted by atomic mass is 10.0. The number of aromatic nitrogens is 3. The third-order valence-electron chi connectivity index (χ3n) is 4.25. The molecule has 140 valence electrons. The van der Waals surface area contributed by atoms with Gasteiger partial charge in [-0.05, 0) is 44.0 Å². The van der Waals surface area contributed by atoms with E-state index in [9.17, 15) is 13.7 Å². The standard InChI is InChI=1S/C18H20N6O2S/c1-11-6-13(3)17-15(7-11)12(2)8-16(21-17)24-18(14(9-19)10-20-24)22-27(25,26)23(4)5/h6-8,10,22H,1-5H3. The first-order chi connectivity index (χ1) is 12.6. The Morgan fingerprint density at radius 1 is 1.15 bits per heavy atom. The maximum Gasteiger partial charge on any atom is 0.302 e. The molecule has 8 nitrogen and oxygen atoms in total. The zero-order chi connectivity index (χ0) is 19.9. The lowest BCUT2D eigenvalue weighted by molar-refractivity contribution is 0.526. The molecule has 27 heavy (non-hydrogen) atoms. The number of hydrogen-bond acceptors (Lipinski definition) is 5. The highest BCUT2D eigenvalue weighted by atomic mass is 32.2. The van der Waals surface area contributed by atoms with E-state index in [1.54, 1.807) is 0 Å². The van der Waals surface area contributed by atoms with Crippen molar-refractivity contribution < 1.29 is 8.42 Å². The van der Waals surface area contributed by atoms with Crippen molar-refractivity contribution in [2.24, 2.45) is 0 Å². The second kappa shape index (κ2) is 6.64. The van der Waals surface area contributed by atoms with Crippen molar-refractivity contribution in [1.82, 2.24) is 19.1 Å². The zero-order valence-corrected chi connectivity index (χ0v) is 16.6. The normalized spacial score (nSPS) is 11.7. The van der Waals surface area contributed by atoms with Crippen LogP contribution in [-0.4, -0.2) is 41.6 Å². The number of hydrogen-bond donors (Lipinski definition) is 1. The van der Waals surface area contributed by atoms with Crippen molar-refractivity contribution in [3.8, 4) is 11.9 Å². The molecule has 0 aliphatic heterocycles. The van der Waals surface area contributed by atoms with E-state index in [0.29, 0.717) is 5.82 Å². The number of nitrogens with zero attached hydrogens (tertiary/aromatic N) is 5. The number of pyridine rings is 1. The summed E-state index contributed by atoms with van der Waals surface area (Å²) in [5.74, 6) is 0.493. The first-order valence-corrected chi connectivity index (χ1v) is 9.65. The number of nitriles is 1. The van der Waals surface area contributed by atoms with Crippen LogP contribution in [0.25, 0.3) is 16.7 Å². The molecule has 0 radical (unpaired) electrons. The fourth-order valence-electron chi connectivity index (χ4n) is 2.85. The van der Waals surface area contributed by atoms with Crippen LogP contribution in [0.1, 0.15) is 22.3 Å². The van der Waals surface area contributed by atoms with Crippen LogP contribution in [0.5, 0.6) is 0 Å². The molecule has 3 rings (SSSR count). The van der Waals surface area contributed by atoms with Gasteiger partial charge in [-0.15, -0.1) is 0 Å². The van der Waals surface area contributed by atoms with E-state index in [2.05, 4.69) is 20.9 Å². The summed E-state index contributed by atoms with van der Waals surface area (Å²) in [6.45, 7) is 5.97. The number of rotatable bonds is 4. The number of benzene rings is 1. The number of fused-ring (bicyclic) bond motifs is 1. The van der Waals surface area contributed by atoms with Crippen molar-refractivity contribution in [2.75, 3.05) is 18.8 Å². The van der Waals surface area contributed by atoms with Gasteiger partial charge in [-0.25, -0.2) is 4.98 Å². The molecule has 1 N–H and O–H groups in total. The van der Waals surface area contributed by atoms with Crippen molar-refractivity contribution in [3.63, 3.8) is 0 Å². The fraction of sp³-hybridized carbons (Fsp3) is 0.278. The smallest absolute Gasteiger partial charge is 0.253 e. The summed E-state index contributed by atoms with van der Waals surface area (Å²) in [7, 11) is -1.00. The molecule has 0 spiro atoms. The summed E-state index contributed by atoms with van der Waals surface area (Å²) >= 11 is 0. The Hall–Kier alpha value is -2.96. The van der Waals surface area contributed by atoms with Crippen molar-refractivity contribution in [3.05, 3.63) is 46.6 Å². The summed E-state index contributed by atoms with van der Waals surface area (Å²) in [5.41, 5.74) is 4.06. The van der Waals surface area contributed by atoms with E-state index in [1.807, 2.05) is 39.0 Å². The molecule has 3 aromatic rings. The summed E-state index contributed by atoms with van der Waals surface area (Å²) in [6.07, 6.45) is 1.32. The molecule has 9 heteroatoms. The van der Waals surface area contributed by atoms with E-state index < -0.39 is 10.2 Å². The second-order valence-electron chi connectivity index (χ2n) is 6.60. The van der Waals surface area contributed by atoms with Crippen LogP contribution in [0.15, 0.2) is 24.4 Å². The van der Waals surface area contributed by atoms with Crippen LogP contribution in [-0.2, 0) is 10.2 Å². The summed E-state index contributed by atoms with van der Waals surface area (Å²) in [6, 6.07) is 7.89. The van der Waals surface area contributed by atoms with Gasteiger partial charge < -0.3 is 0 Å². The zero-order valence-electron chi connectivity index (χ0n) is 15.8. The van der Waals surface area contributed by atoms with Gasteiger partial charge in [0.2, 0.25) is 0 Å². The maximum atomic E-state index is 12.3. The molecule has 0 unspecified atom stereocenters. The largest absolute Gasteiger partial charge is 0.302 e. The second-order valence-corrected chi connectivity index (χ2v) is 8.48. The van der Waals surface area contributed by atoms with E-state index in [4.69, 9.17) is 0 Å². The van der Waals surface area contributed by atoms with Crippen LogP contribution in [0.2, 0.25) is 0 Å². The molecular weight excluding hydrogens is 364 g/mol. The molecule has 0 bridgehead atoms. The summed E-state index contributed by atoms with van der Waals surface area (Å²) < 4.78 is 29.3. The molecule has 0 atom stereocenters. The Balaban J connectivity index is 2.24. The molecule has 0 aliphatic carbocycles. The van der Waals surface area contributed by atoms with Crippen molar-refractivity contribution >= 4 is 26.9 Å². The summed E-state index contributed by atoms with van der Waals surface area (Å²) in [5, 5.41) is 14.6. The minimum atomic E-state index is -3.81. The highest BCUT2D eigenvalue weighted by Crippen LogP contribution is 2.27. The van der Waals surface area contributed by atoms with Gasteiger partial charge in [-0.3, -0.25) is 4.72 Å². The van der Waals surface area contributed by atoms with Gasteiger partial charge in [0, 0.05) is 19.5 Å². The Kier molecular flexibility index (Phi) is 4.63. The molecule has 1 aromatic carbocycles. The van der Waals surface area contributed by atoms with Gasteiger partial charge >= 0.3 is 10.2 Å². The van der Waals surface area contributed by atoms with E-state index in [1.165, 1.54) is 25.0 Å². The predicted octanol–water partition coefficient (Wildman–Crippen LogP) is 2.44. The van der Waals surface area contributed by atoms with Crippen molar-refractivity contribution in [1.29, 1.82) is 5.26 Å². The molecule has 2 aromatic heterocycles. The molecule has 0 saturated carbocycles. The first-order valence-electron chi connectivity index (χ1n) is 8.21. The average molecular weight is 384 g/mol. The van der Waals surface area contributed by atoms with Gasteiger partial charge in [0.05, 0.1) is 11.7 Å². The Morgan fingerprint density at radius 3 is 2.48 bits per heavy atom. The third-order valence-corrected chi connectivity index (χ3v) is 5.67. The number of nitrogens with one attached hydrogen (secondary N) is 1. The van der Waals surface area contributed by atoms with Crippen LogP contribution >= 0.6 is 0 Å². The monoisotopic (exact) mass is 384 g/mol. The van der Waals surface area contributed by atoms with Crippen LogP contribution < -0.4 is 4.72 Å². The van der Waals surface area contributed by atoms with Crippen LogP contribution in [0.4, 0.5) is 5.82 Å². The molecular formula is C18H20N6O2S. The lowest BCUT2D eigenvalue weighted by Gasteiger charge is -2.15. The topological polar surface area (TPSA) is 104 Å². The van der Waals surface area contributed by atoms with Crippen molar-refractivity contribution in [2.45, 2.75) is 20.8 Å². The highest BCUT2D eigenvalue weighted by molar-refractivity contribution is 7.90. The molecule has 0 fully saturated rings. The van der Waals surface area contributed by atoms with E-state index in [0.717, 1.165) is 31.9 Å². The maximum absolute atomic E-state index is 12.3. The average Bonchev–Trinajstić information content (AvgIpc) is 2.97. The van der Waals surface area contributed by atoms with Gasteiger partial charge in [-0.1, -0.05) is 11.6 Å². The number of anilines is 1. The van der Waals surface area contributed by atoms with Gasteiger partial charge in [0.15, 0.2) is 11.6 Å². The Labute approximate surface area is 158 Å². The van der Waals surface area contributed by atoms with E-state index >= 15 is 0 Å². The Morgan fingerprint density at radius 2 is 1.85 bits per heavy atom. The van der Waals surface area contributed by atoms with Crippen LogP contribution in [0, 0.1) is 32.1 Å². The molecule has 0 saturated heterocycles. The van der Waals surface area contributed by atoms with E-state index in [-0.39, 0.29) is 11.4 Å². The van der Waals surface area contributed by atoms with Crippen LogP contribution in [0.3, 0.4) is 0 Å². The first kappa shape index (κ1) is 18.8. The quantitative estimate of drug-likeness (QED) is 0.744. The molecule has 0 amide bonds. The summed E-state index contributed by atoms with van der Waals surface area (Å²) in [4.78, 5) is 4.67. The minimum Gasteiger partial charge on any atom is -0.253 e. The predicted molar refractivity (Wildman–Crippen MR) is 104 cm³/mol. The highest BCUT2D eigenvalue weighted by Gasteiger charge is 2.21. The minimum absolute atomic E-state index is 0.0576. The number of aryl methyl sites for hydroxylation is 3. The van der Waals surface area contributed by atoms with Gasteiger partial charge in [0.25, 0.3) is 0 Å². The SMILES string of the molecule is Cc1cc(C)c2nc(-n3ncc(C#N)c3NS(=O)(=O)N(C)C)cc(C)c2c1. The van der Waals surface area contributed by atoms with Gasteiger partial charge in [0.1, 0.15) is 11.6 Å². The molecule has 0 aliphatic rings. The third kappa shape index (κ3) is 3.37. The fourth-order valence-corrected chi connectivity index (χ4v) is 3.47. The Bertz CT molecular complexity index is 1190.